The number of nitrogen functional groups attached to an aromatic ring is 1. The average Bonchev–Trinajstić information content (AvgIpc) is 2.67. The Hall–Kier alpha value is -3.92. The molecule has 2 aromatic heterocycles. The first-order chi connectivity index (χ1) is 13.1. The highest BCUT2D eigenvalue weighted by atomic mass is 16.2. The third kappa shape index (κ3) is 5.28. The molecule has 7 heteroatoms. The highest BCUT2D eigenvalue weighted by Gasteiger charge is 2.04. The van der Waals surface area contributed by atoms with Crippen molar-refractivity contribution in [2.24, 2.45) is 0 Å². The highest BCUT2D eigenvalue weighted by molar-refractivity contribution is 5.89. The summed E-state index contributed by atoms with van der Waals surface area (Å²) in [5.41, 5.74) is 9.48. The molecule has 2 amide bonds. The Morgan fingerprint density at radius 2 is 1.81 bits per heavy atom. The monoisotopic (exact) mass is 358 g/mol. The van der Waals surface area contributed by atoms with Gasteiger partial charge in [0.25, 0.3) is 0 Å². The van der Waals surface area contributed by atoms with Gasteiger partial charge in [-0.3, -0.25) is 4.98 Å². The molecule has 0 unspecified atom stereocenters. The molecule has 0 aliphatic carbocycles. The summed E-state index contributed by atoms with van der Waals surface area (Å²) in [5.74, 6) is 6.08. The van der Waals surface area contributed by atoms with E-state index in [1.165, 1.54) is 0 Å². The van der Waals surface area contributed by atoms with Gasteiger partial charge in [-0.25, -0.2) is 14.8 Å². The molecule has 3 rings (SSSR count). The molecule has 2 heterocycles. The van der Waals surface area contributed by atoms with E-state index in [1.54, 1.807) is 30.9 Å². The number of aryl methyl sites for hydroxylation is 1. The van der Waals surface area contributed by atoms with Crippen molar-refractivity contribution < 1.29 is 4.79 Å². The molecular formula is C20H18N6O. The number of urea groups is 1. The van der Waals surface area contributed by atoms with E-state index < -0.39 is 0 Å². The summed E-state index contributed by atoms with van der Waals surface area (Å²) in [6.07, 6.45) is 6.26. The lowest BCUT2D eigenvalue weighted by atomic mass is 10.1. The minimum atomic E-state index is -0.308. The molecule has 0 saturated heterocycles. The van der Waals surface area contributed by atoms with Crippen LogP contribution in [0.15, 0.2) is 55.1 Å². The number of nitrogens with two attached hydrogens (primary N) is 1. The fraction of sp³-hybridized carbons (Fsp3) is 0.100. The first-order valence-corrected chi connectivity index (χ1v) is 8.24. The summed E-state index contributed by atoms with van der Waals surface area (Å²) >= 11 is 0. The van der Waals surface area contributed by atoms with Crippen molar-refractivity contribution in [2.45, 2.75) is 13.5 Å². The molecule has 0 spiro atoms. The molecule has 0 atom stereocenters. The Morgan fingerprint density at radius 1 is 1.07 bits per heavy atom. The summed E-state index contributed by atoms with van der Waals surface area (Å²) in [6.45, 7) is 2.45. The van der Waals surface area contributed by atoms with E-state index in [-0.39, 0.29) is 12.0 Å². The van der Waals surface area contributed by atoms with Crippen molar-refractivity contribution >= 4 is 17.7 Å². The Balaban J connectivity index is 1.61. The van der Waals surface area contributed by atoms with Crippen LogP contribution in [0.3, 0.4) is 0 Å². The van der Waals surface area contributed by atoms with Crippen molar-refractivity contribution in [3.63, 3.8) is 0 Å². The van der Waals surface area contributed by atoms with Crippen LogP contribution in [0.4, 0.5) is 16.4 Å². The minimum absolute atomic E-state index is 0.199. The van der Waals surface area contributed by atoms with E-state index in [1.807, 2.05) is 31.2 Å². The molecule has 0 aliphatic rings. The zero-order valence-corrected chi connectivity index (χ0v) is 14.7. The summed E-state index contributed by atoms with van der Waals surface area (Å²) in [5, 5.41) is 5.58. The van der Waals surface area contributed by atoms with E-state index in [4.69, 9.17) is 5.73 Å². The number of benzene rings is 1. The molecule has 4 N–H and O–H groups in total. The van der Waals surface area contributed by atoms with Crippen LogP contribution in [0.5, 0.6) is 0 Å². The number of aromatic nitrogens is 3. The SMILES string of the molecule is Cc1ccccc1CNC(=O)Nc1cncc(C#Cc2cnc(N)nc2)c1. The maximum absolute atomic E-state index is 12.1. The summed E-state index contributed by atoms with van der Waals surface area (Å²) in [4.78, 5) is 24.0. The summed E-state index contributed by atoms with van der Waals surface area (Å²) < 4.78 is 0. The van der Waals surface area contributed by atoms with Gasteiger partial charge in [0.15, 0.2) is 0 Å². The van der Waals surface area contributed by atoms with Crippen LogP contribution < -0.4 is 16.4 Å². The van der Waals surface area contributed by atoms with Crippen molar-refractivity contribution in [3.05, 3.63) is 77.4 Å². The van der Waals surface area contributed by atoms with E-state index in [9.17, 15) is 4.79 Å². The summed E-state index contributed by atoms with van der Waals surface area (Å²) in [6, 6.07) is 9.33. The van der Waals surface area contributed by atoms with Gasteiger partial charge >= 0.3 is 6.03 Å². The third-order valence-corrected chi connectivity index (χ3v) is 3.72. The maximum atomic E-state index is 12.1. The van der Waals surface area contributed by atoms with Gasteiger partial charge < -0.3 is 16.4 Å². The number of amides is 2. The molecule has 7 nitrogen and oxygen atoms in total. The van der Waals surface area contributed by atoms with Crippen LogP contribution in [-0.4, -0.2) is 21.0 Å². The molecule has 0 aliphatic heterocycles. The van der Waals surface area contributed by atoms with Crippen LogP contribution in [0.25, 0.3) is 0 Å². The first kappa shape index (κ1) is 17.9. The van der Waals surface area contributed by atoms with Crippen LogP contribution >= 0.6 is 0 Å². The number of hydrogen-bond donors (Lipinski definition) is 3. The molecule has 3 aromatic rings. The van der Waals surface area contributed by atoms with Gasteiger partial charge in [0.05, 0.1) is 17.4 Å². The lowest BCUT2D eigenvalue weighted by Gasteiger charge is -2.09. The van der Waals surface area contributed by atoms with Gasteiger partial charge in [0.2, 0.25) is 5.95 Å². The smallest absolute Gasteiger partial charge is 0.319 e. The van der Waals surface area contributed by atoms with Crippen LogP contribution in [0.1, 0.15) is 22.3 Å². The van der Waals surface area contributed by atoms with E-state index in [0.717, 1.165) is 11.1 Å². The van der Waals surface area contributed by atoms with E-state index >= 15 is 0 Å². The molecule has 1 aromatic carbocycles. The predicted molar refractivity (Wildman–Crippen MR) is 104 cm³/mol. The Kier molecular flexibility index (Phi) is 5.60. The number of rotatable bonds is 3. The average molecular weight is 358 g/mol. The normalized spacial score (nSPS) is 9.81. The number of hydrogen-bond acceptors (Lipinski definition) is 5. The van der Waals surface area contributed by atoms with Crippen LogP contribution in [-0.2, 0) is 6.54 Å². The molecule has 0 bridgehead atoms. The lowest BCUT2D eigenvalue weighted by molar-refractivity contribution is 0.251. The zero-order chi connectivity index (χ0) is 19.1. The number of pyridine rings is 1. The Morgan fingerprint density at radius 3 is 2.59 bits per heavy atom. The second-order valence-electron chi connectivity index (χ2n) is 5.78. The van der Waals surface area contributed by atoms with E-state index in [0.29, 0.717) is 23.4 Å². The molecular weight excluding hydrogens is 340 g/mol. The van der Waals surface area contributed by atoms with Crippen molar-refractivity contribution in [3.8, 4) is 11.8 Å². The van der Waals surface area contributed by atoms with Crippen molar-refractivity contribution in [2.75, 3.05) is 11.1 Å². The predicted octanol–water partition coefficient (Wildman–Crippen LogP) is 2.48. The largest absolute Gasteiger partial charge is 0.368 e. The summed E-state index contributed by atoms with van der Waals surface area (Å²) in [7, 11) is 0. The van der Waals surface area contributed by atoms with Crippen molar-refractivity contribution in [1.29, 1.82) is 0 Å². The molecule has 134 valence electrons. The maximum Gasteiger partial charge on any atom is 0.319 e. The molecule has 0 saturated carbocycles. The van der Waals surface area contributed by atoms with E-state index in [2.05, 4.69) is 37.4 Å². The Bertz CT molecular complexity index is 1000. The van der Waals surface area contributed by atoms with Crippen molar-refractivity contribution in [1.82, 2.24) is 20.3 Å². The fourth-order valence-electron chi connectivity index (χ4n) is 2.28. The minimum Gasteiger partial charge on any atom is -0.368 e. The quantitative estimate of drug-likeness (QED) is 0.624. The van der Waals surface area contributed by atoms with Crippen LogP contribution in [0, 0.1) is 18.8 Å². The number of anilines is 2. The van der Waals surface area contributed by atoms with Gasteiger partial charge in [-0.2, -0.15) is 0 Å². The number of carbonyl (C=O) groups excluding carboxylic acids is 1. The van der Waals surface area contributed by atoms with Gasteiger partial charge in [-0.15, -0.1) is 0 Å². The van der Waals surface area contributed by atoms with Gasteiger partial charge in [-0.05, 0) is 24.1 Å². The zero-order valence-electron chi connectivity index (χ0n) is 14.7. The second-order valence-corrected chi connectivity index (χ2v) is 5.78. The first-order valence-electron chi connectivity index (χ1n) is 8.24. The molecule has 0 fully saturated rings. The van der Waals surface area contributed by atoms with Gasteiger partial charge in [0, 0.05) is 30.7 Å². The number of nitrogens with zero attached hydrogens (tertiary/aromatic N) is 3. The number of nitrogens with one attached hydrogen (secondary N) is 2. The second kappa shape index (κ2) is 8.45. The Labute approximate surface area is 157 Å². The van der Waals surface area contributed by atoms with Gasteiger partial charge in [0.1, 0.15) is 0 Å². The third-order valence-electron chi connectivity index (χ3n) is 3.72. The van der Waals surface area contributed by atoms with Gasteiger partial charge in [-0.1, -0.05) is 36.1 Å². The standard InChI is InChI=1S/C20H18N6O/c1-14-4-2-3-5-17(14)12-25-20(27)26-18-8-15(9-22-13-18)6-7-16-10-23-19(21)24-11-16/h2-5,8-11,13H,12H2,1H3,(H2,21,23,24)(H2,25,26,27). The fourth-order valence-corrected chi connectivity index (χ4v) is 2.28. The molecule has 27 heavy (non-hydrogen) atoms. The van der Waals surface area contributed by atoms with Crippen LogP contribution in [0.2, 0.25) is 0 Å². The highest BCUT2D eigenvalue weighted by Crippen LogP contribution is 2.09. The molecule has 0 radical (unpaired) electrons. The lowest BCUT2D eigenvalue weighted by Crippen LogP contribution is -2.28. The topological polar surface area (TPSA) is 106 Å². The number of carbonyl (C=O) groups is 1.